The van der Waals surface area contributed by atoms with Crippen molar-refractivity contribution in [3.63, 3.8) is 0 Å². The van der Waals surface area contributed by atoms with Crippen molar-refractivity contribution in [1.29, 1.82) is 0 Å². The molecule has 0 radical (unpaired) electrons. The average Bonchev–Trinajstić information content (AvgIpc) is 3.35. The van der Waals surface area contributed by atoms with E-state index in [0.717, 1.165) is 0 Å². The molecule has 4 heterocycles. The highest BCUT2D eigenvalue weighted by atomic mass is 16.8. The van der Waals surface area contributed by atoms with Gasteiger partial charge in [0.2, 0.25) is 11.9 Å². The molecule has 0 aromatic carbocycles. The smallest absolute Gasteiger partial charge is 0.343 e. The summed E-state index contributed by atoms with van der Waals surface area (Å²) in [7, 11) is 0. The molecule has 0 amide bonds. The average molecular weight is 424 g/mol. The van der Waals surface area contributed by atoms with Crippen LogP contribution in [0.15, 0.2) is 0 Å². The van der Waals surface area contributed by atoms with Crippen molar-refractivity contribution in [2.24, 2.45) is 28.1 Å². The molecule has 30 heavy (non-hydrogen) atoms. The van der Waals surface area contributed by atoms with E-state index in [9.17, 15) is 29.7 Å². The molecule has 11 atom stereocenters. The Labute approximate surface area is 171 Å². The van der Waals surface area contributed by atoms with Crippen molar-refractivity contribution in [2.75, 3.05) is 0 Å². The van der Waals surface area contributed by atoms with Gasteiger partial charge in [-0.15, -0.1) is 0 Å². The van der Waals surface area contributed by atoms with Crippen LogP contribution in [0.25, 0.3) is 0 Å². The third-order valence-corrected chi connectivity index (χ3v) is 9.00. The summed E-state index contributed by atoms with van der Waals surface area (Å²) in [6.45, 7) is 7.14. The first kappa shape index (κ1) is 19.0. The van der Waals surface area contributed by atoms with E-state index in [1.165, 1.54) is 6.92 Å². The third-order valence-electron chi connectivity index (χ3n) is 9.00. The monoisotopic (exact) mass is 424 g/mol. The minimum atomic E-state index is -2.24. The van der Waals surface area contributed by atoms with Gasteiger partial charge in [0, 0.05) is 0 Å². The van der Waals surface area contributed by atoms with Gasteiger partial charge in [0.15, 0.2) is 17.8 Å². The number of rotatable bonds is 0. The van der Waals surface area contributed by atoms with Gasteiger partial charge in [-0.1, -0.05) is 20.8 Å². The molecule has 0 aromatic rings. The fourth-order valence-electron chi connectivity index (χ4n) is 8.12. The lowest BCUT2D eigenvalue weighted by molar-refractivity contribution is -0.239. The Morgan fingerprint density at radius 2 is 1.70 bits per heavy atom. The maximum absolute atomic E-state index is 13.4. The Kier molecular flexibility index (Phi) is 2.97. The predicted molar refractivity (Wildman–Crippen MR) is 92.0 cm³/mol. The van der Waals surface area contributed by atoms with Crippen LogP contribution in [0.1, 0.15) is 34.1 Å². The number of carbonyl (C=O) groups is 3. The van der Waals surface area contributed by atoms with E-state index in [0.29, 0.717) is 0 Å². The summed E-state index contributed by atoms with van der Waals surface area (Å²) in [4.78, 5) is 38.2. The van der Waals surface area contributed by atoms with Crippen LogP contribution in [-0.4, -0.2) is 75.1 Å². The number of esters is 3. The number of ether oxygens (including phenoxy) is 4. The van der Waals surface area contributed by atoms with Crippen molar-refractivity contribution in [1.82, 2.24) is 0 Å². The van der Waals surface area contributed by atoms with Crippen LogP contribution >= 0.6 is 0 Å². The second-order valence-electron chi connectivity index (χ2n) is 10.7. The lowest BCUT2D eigenvalue weighted by Crippen LogP contribution is -2.67. The Bertz CT molecular complexity index is 925. The Balaban J connectivity index is 1.72. The van der Waals surface area contributed by atoms with E-state index in [1.54, 1.807) is 0 Å². The highest BCUT2D eigenvalue weighted by Gasteiger charge is 3.03. The van der Waals surface area contributed by atoms with Gasteiger partial charge in [-0.2, -0.15) is 0 Å². The molecule has 0 bridgehead atoms. The minimum absolute atomic E-state index is 0.229. The van der Waals surface area contributed by atoms with E-state index in [4.69, 9.17) is 18.9 Å². The molecule has 2 saturated carbocycles. The molecule has 6 aliphatic rings. The molecular weight excluding hydrogens is 400 g/mol. The van der Waals surface area contributed by atoms with Crippen LogP contribution in [0.5, 0.6) is 0 Å². The van der Waals surface area contributed by atoms with E-state index < -0.39 is 87.9 Å². The molecule has 2 aliphatic carbocycles. The third kappa shape index (κ3) is 1.33. The van der Waals surface area contributed by atoms with Crippen molar-refractivity contribution in [3.05, 3.63) is 0 Å². The molecule has 164 valence electrons. The first-order valence-electron chi connectivity index (χ1n) is 10.2. The molecule has 0 unspecified atom stereocenters. The van der Waals surface area contributed by atoms with Crippen LogP contribution in [0, 0.1) is 28.1 Å². The van der Waals surface area contributed by atoms with E-state index in [2.05, 4.69) is 0 Å². The van der Waals surface area contributed by atoms with E-state index in [-0.39, 0.29) is 6.42 Å². The Morgan fingerprint density at radius 3 is 2.33 bits per heavy atom. The first-order chi connectivity index (χ1) is 13.8. The zero-order valence-electron chi connectivity index (χ0n) is 16.9. The summed E-state index contributed by atoms with van der Waals surface area (Å²) in [5.74, 6) is -4.32. The zero-order valence-corrected chi connectivity index (χ0v) is 16.9. The molecule has 2 spiro atoms. The van der Waals surface area contributed by atoms with Gasteiger partial charge >= 0.3 is 17.9 Å². The normalized spacial score (nSPS) is 60.1. The number of aliphatic hydroxyl groups is 3. The highest BCUT2D eigenvalue weighted by Crippen LogP contribution is 2.84. The van der Waals surface area contributed by atoms with E-state index >= 15 is 0 Å². The van der Waals surface area contributed by atoms with Crippen LogP contribution in [0.3, 0.4) is 0 Å². The minimum Gasteiger partial charge on any atom is -0.459 e. The molecule has 10 heteroatoms. The zero-order chi connectivity index (χ0) is 21.8. The maximum Gasteiger partial charge on any atom is 0.343 e. The fraction of sp³-hybridized carbons (Fsp3) is 0.850. The molecule has 6 fully saturated rings. The predicted octanol–water partition coefficient (Wildman–Crippen LogP) is -1.37. The van der Waals surface area contributed by atoms with Crippen LogP contribution in [0.2, 0.25) is 0 Å². The van der Waals surface area contributed by atoms with Crippen LogP contribution in [0.4, 0.5) is 0 Å². The molecule has 4 saturated heterocycles. The Morgan fingerprint density at radius 1 is 1.03 bits per heavy atom. The van der Waals surface area contributed by atoms with E-state index in [1.807, 2.05) is 20.8 Å². The summed E-state index contributed by atoms with van der Waals surface area (Å²) in [6.07, 6.45) is -6.91. The number of carbonyl (C=O) groups excluding carboxylic acids is 3. The number of hydrogen-bond acceptors (Lipinski definition) is 10. The molecule has 3 N–H and O–H groups in total. The molecule has 0 aromatic heterocycles. The van der Waals surface area contributed by atoms with Crippen molar-refractivity contribution < 1.29 is 48.7 Å². The number of aliphatic hydroxyl groups excluding tert-OH is 2. The summed E-state index contributed by atoms with van der Waals surface area (Å²) in [5.41, 5.74) is -8.26. The SMILES string of the molecule is C[C@@H]1C(=O)O[C@H]2[C@@H](O)[C@@]34[C@H]5C[C@H](C(C)(C)C)[C@]36[C@@H](OC(=O)[C@@H]6O)O[C@@]4(C(=O)O5)[C@@]12O. The second-order valence-corrected chi connectivity index (χ2v) is 10.7. The van der Waals surface area contributed by atoms with Crippen molar-refractivity contribution in [3.8, 4) is 0 Å². The lowest BCUT2D eigenvalue weighted by Gasteiger charge is -2.47. The fourth-order valence-corrected chi connectivity index (χ4v) is 8.12. The first-order valence-corrected chi connectivity index (χ1v) is 10.2. The lowest BCUT2D eigenvalue weighted by atomic mass is 9.51. The summed E-state index contributed by atoms with van der Waals surface area (Å²) in [5, 5.41) is 34.7. The van der Waals surface area contributed by atoms with Gasteiger partial charge < -0.3 is 34.3 Å². The van der Waals surface area contributed by atoms with Crippen LogP contribution < -0.4 is 0 Å². The number of fused-ring (bicyclic) bond motifs is 1. The summed E-state index contributed by atoms with van der Waals surface area (Å²) in [6, 6.07) is 0. The molecule has 6 rings (SSSR count). The second kappa shape index (κ2) is 4.69. The van der Waals surface area contributed by atoms with Gasteiger partial charge in [-0.25, -0.2) is 9.59 Å². The molecule has 10 nitrogen and oxygen atoms in total. The van der Waals surface area contributed by atoms with Crippen molar-refractivity contribution in [2.45, 2.75) is 76.0 Å². The quantitative estimate of drug-likeness (QED) is 0.314. The highest BCUT2D eigenvalue weighted by molar-refractivity contribution is 5.94. The Hall–Kier alpha value is -1.75. The van der Waals surface area contributed by atoms with Crippen molar-refractivity contribution >= 4 is 17.9 Å². The summed E-state index contributed by atoms with van der Waals surface area (Å²) < 4.78 is 22.5. The number of hydrogen-bond donors (Lipinski definition) is 3. The molecular formula is C20H24O10. The van der Waals surface area contributed by atoms with Gasteiger partial charge in [0.1, 0.15) is 12.2 Å². The van der Waals surface area contributed by atoms with Gasteiger partial charge in [-0.05, 0) is 24.7 Å². The van der Waals surface area contributed by atoms with Gasteiger partial charge in [0.05, 0.1) is 16.7 Å². The summed E-state index contributed by atoms with van der Waals surface area (Å²) >= 11 is 0. The van der Waals surface area contributed by atoms with Gasteiger partial charge in [0.25, 0.3) is 0 Å². The largest absolute Gasteiger partial charge is 0.459 e. The molecule has 4 aliphatic heterocycles. The maximum atomic E-state index is 13.4. The topological polar surface area (TPSA) is 149 Å². The van der Waals surface area contributed by atoms with Gasteiger partial charge in [-0.3, -0.25) is 4.79 Å². The van der Waals surface area contributed by atoms with Crippen LogP contribution in [-0.2, 0) is 33.3 Å². The standard InChI is InChI=1S/C20H24O10/c1-6-12(23)28-11-9(21)18-8-5-7(16(2,3)4)17(18)10(22)13(24)29-15(17)30-20(18,14(25)27-8)19(6,11)26/h6-11,15,21-22,26H,5H2,1-4H3/t6-,7-,8-,9-,10+,11+,15+,17+,18+,19-,20-/m1/s1.